The number of nitrogens with zero attached hydrogens (tertiary/aromatic N) is 1. The van der Waals surface area contributed by atoms with Gasteiger partial charge in [-0.3, -0.25) is 4.79 Å². The number of rotatable bonds is 7. The third-order valence-corrected chi connectivity index (χ3v) is 5.66. The summed E-state index contributed by atoms with van der Waals surface area (Å²) < 4.78 is 31.8. The van der Waals surface area contributed by atoms with E-state index in [1.54, 1.807) is 29.6 Å². The predicted molar refractivity (Wildman–Crippen MR) is 79.3 cm³/mol. The first-order valence-electron chi connectivity index (χ1n) is 6.30. The third-order valence-electron chi connectivity index (χ3n) is 2.81. The molecule has 0 aromatic carbocycles. The van der Waals surface area contributed by atoms with E-state index in [0.29, 0.717) is 12.3 Å². The molecule has 0 saturated heterocycles. The summed E-state index contributed by atoms with van der Waals surface area (Å²) in [4.78, 5) is 13.1. The summed E-state index contributed by atoms with van der Waals surface area (Å²) in [5, 5.41) is 1.70. The molecule has 2 rings (SSSR count). The highest BCUT2D eigenvalue weighted by Crippen LogP contribution is 2.15. The van der Waals surface area contributed by atoms with Crippen molar-refractivity contribution < 1.29 is 17.6 Å². The standard InChI is InChI=1S/C13H16N2O4S2/c1-11(16)15(10-12-4-2-8-19-12)7-6-14-21(17,18)13-5-3-9-20-13/h2-5,8-9,14H,6-7,10H2,1H3. The minimum atomic E-state index is -3.49. The van der Waals surface area contributed by atoms with Crippen LogP contribution >= 0.6 is 11.3 Å². The second-order valence-corrected chi connectivity index (χ2v) is 7.29. The van der Waals surface area contributed by atoms with Crippen LogP contribution in [0.3, 0.4) is 0 Å². The summed E-state index contributed by atoms with van der Waals surface area (Å²) in [6.07, 6.45) is 1.53. The number of nitrogens with one attached hydrogen (secondary N) is 1. The van der Waals surface area contributed by atoms with Gasteiger partial charge < -0.3 is 9.32 Å². The van der Waals surface area contributed by atoms with E-state index in [9.17, 15) is 13.2 Å². The summed E-state index contributed by atoms with van der Waals surface area (Å²) >= 11 is 1.15. The average molecular weight is 328 g/mol. The van der Waals surface area contributed by atoms with Gasteiger partial charge in [0.1, 0.15) is 9.97 Å². The topological polar surface area (TPSA) is 79.6 Å². The highest BCUT2D eigenvalue weighted by Gasteiger charge is 2.16. The van der Waals surface area contributed by atoms with Crippen molar-refractivity contribution in [2.75, 3.05) is 13.1 Å². The molecule has 21 heavy (non-hydrogen) atoms. The Kier molecular flexibility index (Phi) is 5.16. The molecule has 2 heterocycles. The molecule has 2 aromatic rings. The molecule has 0 fully saturated rings. The van der Waals surface area contributed by atoms with E-state index >= 15 is 0 Å². The second kappa shape index (κ2) is 6.88. The van der Waals surface area contributed by atoms with Crippen molar-refractivity contribution in [3.63, 3.8) is 0 Å². The molecule has 0 saturated carbocycles. The first-order valence-corrected chi connectivity index (χ1v) is 8.66. The van der Waals surface area contributed by atoms with Gasteiger partial charge in [-0.15, -0.1) is 11.3 Å². The molecule has 0 radical (unpaired) electrons. The number of carbonyl (C=O) groups excluding carboxylic acids is 1. The number of carbonyl (C=O) groups is 1. The predicted octanol–water partition coefficient (Wildman–Crippen LogP) is 1.67. The summed E-state index contributed by atoms with van der Waals surface area (Å²) in [7, 11) is -3.49. The van der Waals surface area contributed by atoms with Crippen LogP contribution in [0.2, 0.25) is 0 Å². The Hall–Kier alpha value is -1.64. The zero-order valence-corrected chi connectivity index (χ0v) is 13.1. The molecule has 0 aliphatic heterocycles. The minimum absolute atomic E-state index is 0.137. The lowest BCUT2D eigenvalue weighted by Gasteiger charge is -2.19. The minimum Gasteiger partial charge on any atom is -0.467 e. The molecule has 0 spiro atoms. The fraction of sp³-hybridized carbons (Fsp3) is 0.308. The van der Waals surface area contributed by atoms with Crippen molar-refractivity contribution in [1.82, 2.24) is 9.62 Å². The first-order chi connectivity index (χ1) is 9.99. The van der Waals surface area contributed by atoms with Gasteiger partial charge in [0, 0.05) is 20.0 Å². The molecule has 2 aromatic heterocycles. The van der Waals surface area contributed by atoms with Crippen LogP contribution in [0.4, 0.5) is 0 Å². The average Bonchev–Trinajstić information content (AvgIpc) is 3.10. The highest BCUT2D eigenvalue weighted by atomic mass is 32.2. The largest absolute Gasteiger partial charge is 0.467 e. The van der Waals surface area contributed by atoms with E-state index in [0.717, 1.165) is 11.3 Å². The molecule has 0 aliphatic carbocycles. The fourth-order valence-corrected chi connectivity index (χ4v) is 3.80. The smallest absolute Gasteiger partial charge is 0.250 e. The van der Waals surface area contributed by atoms with Crippen LogP contribution in [0.5, 0.6) is 0 Å². The van der Waals surface area contributed by atoms with Crippen molar-refractivity contribution in [1.29, 1.82) is 0 Å². The van der Waals surface area contributed by atoms with Crippen LogP contribution in [0.25, 0.3) is 0 Å². The van der Waals surface area contributed by atoms with Crippen molar-refractivity contribution in [3.05, 3.63) is 41.7 Å². The Morgan fingerprint density at radius 1 is 1.38 bits per heavy atom. The van der Waals surface area contributed by atoms with E-state index in [-0.39, 0.29) is 23.2 Å². The van der Waals surface area contributed by atoms with Crippen LogP contribution in [-0.4, -0.2) is 32.3 Å². The maximum atomic E-state index is 11.9. The molecule has 114 valence electrons. The number of sulfonamides is 1. The molecule has 0 aliphatic rings. The first kappa shape index (κ1) is 15.7. The molecule has 6 nitrogen and oxygen atoms in total. The summed E-state index contributed by atoms with van der Waals surface area (Å²) in [6, 6.07) is 6.73. The van der Waals surface area contributed by atoms with Gasteiger partial charge in [-0.1, -0.05) is 6.07 Å². The molecule has 1 amide bonds. The van der Waals surface area contributed by atoms with Crippen molar-refractivity contribution in [2.24, 2.45) is 0 Å². The van der Waals surface area contributed by atoms with Crippen LogP contribution < -0.4 is 4.72 Å². The normalized spacial score (nSPS) is 11.5. The Balaban J connectivity index is 1.89. The van der Waals surface area contributed by atoms with Gasteiger partial charge in [0.25, 0.3) is 0 Å². The van der Waals surface area contributed by atoms with E-state index < -0.39 is 10.0 Å². The summed E-state index contributed by atoms with van der Waals surface area (Å²) in [6.45, 7) is 2.20. The Morgan fingerprint density at radius 3 is 2.76 bits per heavy atom. The molecule has 8 heteroatoms. The van der Waals surface area contributed by atoms with Crippen LogP contribution in [0.15, 0.2) is 44.5 Å². The second-order valence-electron chi connectivity index (χ2n) is 4.35. The molecule has 0 atom stereocenters. The molecule has 0 bridgehead atoms. The quantitative estimate of drug-likeness (QED) is 0.838. The van der Waals surface area contributed by atoms with Crippen molar-refractivity contribution in [3.8, 4) is 0 Å². The Morgan fingerprint density at radius 2 is 2.19 bits per heavy atom. The SMILES string of the molecule is CC(=O)N(CCNS(=O)(=O)c1cccs1)Cc1ccco1. The molecular formula is C13H16N2O4S2. The molecule has 0 unspecified atom stereocenters. The van der Waals surface area contributed by atoms with E-state index in [4.69, 9.17) is 4.42 Å². The van der Waals surface area contributed by atoms with Gasteiger partial charge in [0.05, 0.1) is 12.8 Å². The Bertz CT molecular complexity index is 663. The van der Waals surface area contributed by atoms with Gasteiger partial charge in [-0.25, -0.2) is 13.1 Å². The number of amides is 1. The number of furan rings is 1. The fourth-order valence-electron chi connectivity index (χ4n) is 1.74. The van der Waals surface area contributed by atoms with Crippen molar-refractivity contribution in [2.45, 2.75) is 17.7 Å². The zero-order valence-electron chi connectivity index (χ0n) is 11.5. The monoisotopic (exact) mass is 328 g/mol. The molecular weight excluding hydrogens is 312 g/mol. The van der Waals surface area contributed by atoms with Gasteiger partial charge in [-0.2, -0.15) is 0 Å². The number of thiophene rings is 1. The zero-order chi connectivity index (χ0) is 15.3. The third kappa shape index (κ3) is 4.42. The van der Waals surface area contributed by atoms with E-state index in [2.05, 4.69) is 4.72 Å². The highest BCUT2D eigenvalue weighted by molar-refractivity contribution is 7.91. The maximum Gasteiger partial charge on any atom is 0.250 e. The van der Waals surface area contributed by atoms with Crippen LogP contribution in [0, 0.1) is 0 Å². The van der Waals surface area contributed by atoms with Crippen LogP contribution in [-0.2, 0) is 21.4 Å². The maximum absolute atomic E-state index is 11.9. The van der Waals surface area contributed by atoms with Crippen LogP contribution in [0.1, 0.15) is 12.7 Å². The number of hydrogen-bond acceptors (Lipinski definition) is 5. The lowest BCUT2D eigenvalue weighted by molar-refractivity contribution is -0.129. The van der Waals surface area contributed by atoms with Gasteiger partial charge in [0.2, 0.25) is 15.9 Å². The van der Waals surface area contributed by atoms with Crippen molar-refractivity contribution >= 4 is 27.3 Å². The summed E-state index contributed by atoms with van der Waals surface area (Å²) in [5.41, 5.74) is 0. The van der Waals surface area contributed by atoms with Gasteiger partial charge in [-0.05, 0) is 23.6 Å². The van der Waals surface area contributed by atoms with E-state index in [1.165, 1.54) is 18.1 Å². The van der Waals surface area contributed by atoms with Gasteiger partial charge >= 0.3 is 0 Å². The summed E-state index contributed by atoms with van der Waals surface area (Å²) in [5.74, 6) is 0.521. The molecule has 1 N–H and O–H groups in total. The van der Waals surface area contributed by atoms with E-state index in [1.807, 2.05) is 0 Å². The number of hydrogen-bond donors (Lipinski definition) is 1. The lowest BCUT2D eigenvalue weighted by atomic mass is 10.4. The Labute approximate surface area is 127 Å². The van der Waals surface area contributed by atoms with Gasteiger partial charge in [0.15, 0.2) is 0 Å². The lowest BCUT2D eigenvalue weighted by Crippen LogP contribution is -2.36.